The van der Waals surface area contributed by atoms with E-state index < -0.39 is 24.0 Å². The summed E-state index contributed by atoms with van der Waals surface area (Å²) in [6.07, 6.45) is 0.117. The normalized spacial score (nSPS) is 11.3. The van der Waals surface area contributed by atoms with Crippen molar-refractivity contribution in [3.05, 3.63) is 48.0 Å². The molecule has 0 spiro atoms. The van der Waals surface area contributed by atoms with Crippen molar-refractivity contribution in [1.82, 2.24) is 0 Å². The molecule has 0 aliphatic heterocycles. The van der Waals surface area contributed by atoms with E-state index in [-0.39, 0.29) is 30.8 Å². The van der Waals surface area contributed by atoms with Gasteiger partial charge in [0.05, 0.1) is 11.1 Å². The van der Waals surface area contributed by atoms with Crippen LogP contribution in [0.4, 0.5) is 0 Å². The number of hydrogen-bond donors (Lipinski definition) is 2. The minimum atomic E-state index is -1.26. The molecule has 1 rings (SSSR count). The van der Waals surface area contributed by atoms with Crippen LogP contribution in [0.2, 0.25) is 0 Å². The van der Waals surface area contributed by atoms with Crippen molar-refractivity contribution in [1.29, 1.82) is 0 Å². The van der Waals surface area contributed by atoms with E-state index in [0.29, 0.717) is 0 Å². The highest BCUT2D eigenvalue weighted by molar-refractivity contribution is 6.02. The first-order valence-electron chi connectivity index (χ1n) is 6.43. The molecule has 2 N–H and O–H groups in total. The third-order valence-electron chi connectivity index (χ3n) is 2.68. The van der Waals surface area contributed by atoms with Crippen LogP contribution in [-0.4, -0.2) is 47.4 Å². The molecule has 0 aliphatic carbocycles. The highest BCUT2D eigenvalue weighted by atomic mass is 16.6. The number of carbonyl (C=O) groups excluding carboxylic acids is 2. The SMILES string of the molecule is C=CC(=O)OC[C@H](CCO)OC(=O)c1ccccc1C(=O)O. The van der Waals surface area contributed by atoms with E-state index >= 15 is 0 Å². The predicted octanol–water partition coefficient (Wildman–Crippen LogP) is 1.02. The molecule has 0 aliphatic rings. The molecule has 0 aromatic heterocycles. The fourth-order valence-electron chi connectivity index (χ4n) is 1.62. The Labute approximate surface area is 126 Å². The molecule has 7 nitrogen and oxygen atoms in total. The summed E-state index contributed by atoms with van der Waals surface area (Å²) in [6.45, 7) is 2.68. The number of aromatic carboxylic acids is 1. The van der Waals surface area contributed by atoms with E-state index in [4.69, 9.17) is 19.7 Å². The first-order valence-corrected chi connectivity index (χ1v) is 6.43. The molecule has 0 bridgehead atoms. The number of aliphatic hydroxyl groups excluding tert-OH is 1. The number of ether oxygens (including phenoxy) is 2. The van der Waals surface area contributed by atoms with Crippen molar-refractivity contribution < 1.29 is 34.1 Å². The van der Waals surface area contributed by atoms with Gasteiger partial charge in [0.1, 0.15) is 12.7 Å². The molecule has 0 unspecified atom stereocenters. The Hall–Kier alpha value is -2.67. The lowest BCUT2D eigenvalue weighted by molar-refractivity contribution is -0.141. The van der Waals surface area contributed by atoms with Crippen LogP contribution in [0.1, 0.15) is 27.1 Å². The molecule has 0 radical (unpaired) electrons. The zero-order valence-corrected chi connectivity index (χ0v) is 11.7. The number of carbonyl (C=O) groups is 3. The Morgan fingerprint density at radius 1 is 1.23 bits per heavy atom. The first-order chi connectivity index (χ1) is 10.5. The number of hydrogen-bond acceptors (Lipinski definition) is 6. The molecule has 22 heavy (non-hydrogen) atoms. The van der Waals surface area contributed by atoms with Crippen molar-refractivity contribution in [2.45, 2.75) is 12.5 Å². The number of benzene rings is 1. The van der Waals surface area contributed by atoms with Gasteiger partial charge in [0, 0.05) is 19.1 Å². The van der Waals surface area contributed by atoms with Gasteiger partial charge in [0.15, 0.2) is 0 Å². The molecular weight excluding hydrogens is 292 g/mol. The van der Waals surface area contributed by atoms with Crippen molar-refractivity contribution >= 4 is 17.9 Å². The Bertz CT molecular complexity index is 565. The summed E-state index contributed by atoms with van der Waals surface area (Å²) < 4.78 is 9.85. The van der Waals surface area contributed by atoms with Gasteiger partial charge in [-0.2, -0.15) is 0 Å². The van der Waals surface area contributed by atoms with Gasteiger partial charge in [-0.25, -0.2) is 14.4 Å². The van der Waals surface area contributed by atoms with Crippen LogP contribution >= 0.6 is 0 Å². The zero-order valence-electron chi connectivity index (χ0n) is 11.7. The Morgan fingerprint density at radius 2 is 1.86 bits per heavy atom. The van der Waals surface area contributed by atoms with Crippen LogP contribution in [0, 0.1) is 0 Å². The first kappa shape index (κ1) is 17.4. The number of aliphatic hydroxyl groups is 1. The van der Waals surface area contributed by atoms with Crippen LogP contribution < -0.4 is 0 Å². The zero-order chi connectivity index (χ0) is 16.5. The minimum absolute atomic E-state index is 0.0470. The second-order valence-electron chi connectivity index (χ2n) is 4.22. The summed E-state index contributed by atoms with van der Waals surface area (Å²) in [4.78, 5) is 34.1. The maximum Gasteiger partial charge on any atom is 0.339 e. The highest BCUT2D eigenvalue weighted by Gasteiger charge is 2.21. The smallest absolute Gasteiger partial charge is 0.339 e. The van der Waals surface area contributed by atoms with Crippen LogP contribution in [0.3, 0.4) is 0 Å². The lowest BCUT2D eigenvalue weighted by Crippen LogP contribution is -2.26. The van der Waals surface area contributed by atoms with Gasteiger partial charge in [0.2, 0.25) is 0 Å². The van der Waals surface area contributed by atoms with Gasteiger partial charge >= 0.3 is 17.9 Å². The summed E-state index contributed by atoms with van der Waals surface area (Å²) in [5, 5.41) is 18.0. The summed E-state index contributed by atoms with van der Waals surface area (Å²) >= 11 is 0. The third kappa shape index (κ3) is 5.02. The largest absolute Gasteiger partial charge is 0.478 e. The average molecular weight is 308 g/mol. The molecule has 118 valence electrons. The Kier molecular flexibility index (Phi) is 6.78. The van der Waals surface area contributed by atoms with Gasteiger partial charge in [-0.1, -0.05) is 18.7 Å². The van der Waals surface area contributed by atoms with E-state index in [1.807, 2.05) is 0 Å². The molecule has 0 saturated carbocycles. The van der Waals surface area contributed by atoms with Crippen molar-refractivity contribution in [2.75, 3.05) is 13.2 Å². The quantitative estimate of drug-likeness (QED) is 0.545. The number of carboxylic acid groups (broad SMARTS) is 1. The minimum Gasteiger partial charge on any atom is -0.478 e. The fourth-order valence-corrected chi connectivity index (χ4v) is 1.62. The molecule has 7 heteroatoms. The van der Waals surface area contributed by atoms with E-state index in [1.54, 1.807) is 0 Å². The van der Waals surface area contributed by atoms with Crippen LogP contribution in [0.5, 0.6) is 0 Å². The van der Waals surface area contributed by atoms with E-state index in [9.17, 15) is 14.4 Å². The number of rotatable bonds is 8. The fraction of sp³-hybridized carbons (Fsp3) is 0.267. The predicted molar refractivity (Wildman–Crippen MR) is 75.5 cm³/mol. The summed E-state index contributed by atoms with van der Waals surface area (Å²) in [7, 11) is 0. The maximum absolute atomic E-state index is 12.0. The summed E-state index contributed by atoms with van der Waals surface area (Å²) in [5.41, 5.74) is -0.314. The second kappa shape index (κ2) is 8.58. The van der Waals surface area contributed by atoms with Gasteiger partial charge in [-0.05, 0) is 12.1 Å². The van der Waals surface area contributed by atoms with E-state index in [1.165, 1.54) is 24.3 Å². The molecular formula is C15H16O7. The molecule has 1 atom stereocenters. The van der Waals surface area contributed by atoms with E-state index in [0.717, 1.165) is 6.08 Å². The maximum atomic E-state index is 12.0. The molecule has 0 fully saturated rings. The lowest BCUT2D eigenvalue weighted by Gasteiger charge is -2.17. The molecule has 1 aromatic carbocycles. The Morgan fingerprint density at radius 3 is 2.41 bits per heavy atom. The van der Waals surface area contributed by atoms with Crippen LogP contribution in [0.25, 0.3) is 0 Å². The van der Waals surface area contributed by atoms with E-state index in [2.05, 4.69) is 6.58 Å². The molecule has 0 amide bonds. The van der Waals surface area contributed by atoms with Gasteiger partial charge in [-0.3, -0.25) is 0 Å². The van der Waals surface area contributed by atoms with Crippen molar-refractivity contribution in [3.63, 3.8) is 0 Å². The standard InChI is InChI=1S/C15H16O7/c1-2-13(17)21-9-10(7-8-16)22-15(20)12-6-4-3-5-11(12)14(18)19/h2-6,10,16H,1,7-9H2,(H,18,19)/t10-/m0/s1. The van der Waals surface area contributed by atoms with Gasteiger partial charge < -0.3 is 19.7 Å². The monoisotopic (exact) mass is 308 g/mol. The Balaban J connectivity index is 2.80. The second-order valence-corrected chi connectivity index (χ2v) is 4.22. The topological polar surface area (TPSA) is 110 Å². The average Bonchev–Trinajstić information content (AvgIpc) is 2.52. The van der Waals surface area contributed by atoms with Gasteiger partial charge in [0.25, 0.3) is 0 Å². The number of esters is 2. The third-order valence-corrected chi connectivity index (χ3v) is 2.68. The van der Waals surface area contributed by atoms with Crippen molar-refractivity contribution in [3.8, 4) is 0 Å². The molecule has 0 heterocycles. The van der Waals surface area contributed by atoms with Crippen LogP contribution in [0.15, 0.2) is 36.9 Å². The molecule has 0 saturated heterocycles. The molecule has 1 aromatic rings. The lowest BCUT2D eigenvalue weighted by atomic mass is 10.1. The van der Waals surface area contributed by atoms with Crippen LogP contribution in [-0.2, 0) is 14.3 Å². The summed E-state index contributed by atoms with van der Waals surface area (Å²) in [6, 6.07) is 5.58. The van der Waals surface area contributed by atoms with Gasteiger partial charge in [-0.15, -0.1) is 0 Å². The summed E-state index contributed by atoms with van der Waals surface area (Å²) in [5.74, 6) is -2.82. The van der Waals surface area contributed by atoms with Crippen molar-refractivity contribution in [2.24, 2.45) is 0 Å². The number of carboxylic acids is 1. The highest BCUT2D eigenvalue weighted by Crippen LogP contribution is 2.13.